The molecule has 0 spiro atoms. The molecular weight excluding hydrogens is 435 g/mol. The predicted octanol–water partition coefficient (Wildman–Crippen LogP) is 3.46. The fourth-order valence-corrected chi connectivity index (χ4v) is 4.42. The molecule has 0 bridgehead atoms. The van der Waals surface area contributed by atoms with E-state index in [2.05, 4.69) is 15.9 Å². The lowest BCUT2D eigenvalue weighted by atomic mass is 9.99. The van der Waals surface area contributed by atoms with Crippen LogP contribution in [0, 0.1) is 17.1 Å². The van der Waals surface area contributed by atoms with E-state index in [1.807, 2.05) is 31.2 Å². The van der Waals surface area contributed by atoms with E-state index in [0.717, 1.165) is 37.4 Å². The number of rotatable bonds is 11. The smallest absolute Gasteiger partial charge is 0.218 e. The molecule has 1 amide bonds. The van der Waals surface area contributed by atoms with Gasteiger partial charge in [-0.15, -0.1) is 0 Å². The molecule has 1 heterocycles. The molecule has 2 aromatic rings. The molecule has 1 aliphatic heterocycles. The van der Waals surface area contributed by atoms with E-state index in [0.29, 0.717) is 37.3 Å². The van der Waals surface area contributed by atoms with E-state index in [1.54, 1.807) is 13.2 Å². The van der Waals surface area contributed by atoms with E-state index in [9.17, 15) is 14.4 Å². The Morgan fingerprint density at radius 3 is 2.56 bits per heavy atom. The van der Waals surface area contributed by atoms with Gasteiger partial charge in [-0.1, -0.05) is 0 Å². The number of hydrogen-bond acceptors (Lipinski definition) is 6. The molecule has 34 heavy (non-hydrogen) atoms. The van der Waals surface area contributed by atoms with Gasteiger partial charge in [0, 0.05) is 56.5 Å². The van der Waals surface area contributed by atoms with Crippen molar-refractivity contribution in [3.63, 3.8) is 0 Å². The number of piperidine rings is 1. The lowest BCUT2D eigenvalue weighted by molar-refractivity contribution is -0.119. The van der Waals surface area contributed by atoms with Crippen molar-refractivity contribution in [3.8, 4) is 11.8 Å². The van der Waals surface area contributed by atoms with Gasteiger partial charge in [0.15, 0.2) is 0 Å². The maximum Gasteiger partial charge on any atom is 0.218 e. The molecule has 1 saturated heterocycles. The van der Waals surface area contributed by atoms with Crippen LogP contribution in [0.4, 0.5) is 10.1 Å². The molecule has 1 unspecified atom stereocenters. The second-order valence-corrected chi connectivity index (χ2v) is 8.67. The third-order valence-electron chi connectivity index (χ3n) is 6.30. The summed E-state index contributed by atoms with van der Waals surface area (Å²) in [6.45, 7) is 5.01. The molecule has 8 heteroatoms. The lowest BCUT2D eigenvalue weighted by Gasteiger charge is -2.41. The molecular formula is C26H33FN4O3. The Hall–Kier alpha value is -3.15. The second-order valence-electron chi connectivity index (χ2n) is 8.67. The number of ether oxygens (including phenoxy) is 2. The first kappa shape index (κ1) is 25.5. The number of likely N-dealkylation sites (tertiary alicyclic amines) is 1. The standard InChI is InChI=1S/C26H33FN4O3/c1-19(15-26(29)32)30-11-9-23(10-12-30)31(18-21-16-20(17-28)3-8-25(21)27)22-4-6-24(7-5-22)34-14-13-33-2/h3-8,16,19,23H,9-15,18H2,1-2H3,(H2,29,32). The number of nitrogens with two attached hydrogens (primary N) is 1. The first-order valence-electron chi connectivity index (χ1n) is 11.6. The number of primary amides is 1. The first-order chi connectivity index (χ1) is 16.4. The van der Waals surface area contributed by atoms with E-state index >= 15 is 0 Å². The van der Waals surface area contributed by atoms with Crippen LogP contribution in [0.25, 0.3) is 0 Å². The normalized spacial score (nSPS) is 15.5. The van der Waals surface area contributed by atoms with Crippen LogP contribution in [0.2, 0.25) is 0 Å². The van der Waals surface area contributed by atoms with Crippen LogP contribution < -0.4 is 15.4 Å². The summed E-state index contributed by atoms with van der Waals surface area (Å²) in [6.07, 6.45) is 2.08. The summed E-state index contributed by atoms with van der Waals surface area (Å²) in [5, 5.41) is 9.27. The van der Waals surface area contributed by atoms with Gasteiger partial charge in [-0.3, -0.25) is 9.69 Å². The maximum atomic E-state index is 14.7. The van der Waals surface area contributed by atoms with Crippen molar-refractivity contribution in [1.29, 1.82) is 5.26 Å². The molecule has 0 aromatic heterocycles. The first-order valence-corrected chi connectivity index (χ1v) is 11.6. The van der Waals surface area contributed by atoms with Crippen molar-refractivity contribution in [2.75, 3.05) is 38.3 Å². The molecule has 2 N–H and O–H groups in total. The zero-order valence-electron chi connectivity index (χ0n) is 19.9. The van der Waals surface area contributed by atoms with Gasteiger partial charge < -0.3 is 20.1 Å². The summed E-state index contributed by atoms with van der Waals surface area (Å²) in [5.74, 6) is 0.126. The molecule has 0 saturated carbocycles. The fourth-order valence-electron chi connectivity index (χ4n) is 4.42. The van der Waals surface area contributed by atoms with Crippen LogP contribution in [-0.4, -0.2) is 56.3 Å². The molecule has 2 aromatic carbocycles. The monoisotopic (exact) mass is 468 g/mol. The van der Waals surface area contributed by atoms with Gasteiger partial charge >= 0.3 is 0 Å². The number of amides is 1. The molecule has 3 rings (SSSR count). The maximum absolute atomic E-state index is 14.7. The van der Waals surface area contributed by atoms with Gasteiger partial charge in [0.2, 0.25) is 5.91 Å². The minimum absolute atomic E-state index is 0.0974. The Labute approximate surface area is 200 Å². The zero-order chi connectivity index (χ0) is 24.5. The highest BCUT2D eigenvalue weighted by atomic mass is 19.1. The van der Waals surface area contributed by atoms with Gasteiger partial charge in [0.05, 0.1) is 18.2 Å². The number of carbonyl (C=O) groups is 1. The number of hydrogen-bond donors (Lipinski definition) is 1. The van der Waals surface area contributed by atoms with Crippen LogP contribution in [0.15, 0.2) is 42.5 Å². The van der Waals surface area contributed by atoms with Crippen LogP contribution >= 0.6 is 0 Å². The SMILES string of the molecule is COCCOc1ccc(N(Cc2cc(C#N)ccc2F)C2CCN(C(C)CC(N)=O)CC2)cc1. The summed E-state index contributed by atoms with van der Waals surface area (Å²) in [4.78, 5) is 15.8. The molecule has 7 nitrogen and oxygen atoms in total. The Kier molecular flexibility index (Phi) is 9.25. The van der Waals surface area contributed by atoms with Gasteiger partial charge in [-0.2, -0.15) is 5.26 Å². The number of nitrogens with zero attached hydrogens (tertiary/aromatic N) is 3. The van der Waals surface area contributed by atoms with E-state index < -0.39 is 0 Å². The van der Waals surface area contributed by atoms with Crippen molar-refractivity contribution in [1.82, 2.24) is 4.90 Å². The third-order valence-corrected chi connectivity index (χ3v) is 6.30. The highest BCUT2D eigenvalue weighted by Crippen LogP contribution is 2.29. The number of halogens is 1. The zero-order valence-corrected chi connectivity index (χ0v) is 19.9. The van der Waals surface area contributed by atoms with Crippen molar-refractivity contribution in [2.45, 2.75) is 44.8 Å². The summed E-state index contributed by atoms with van der Waals surface area (Å²) >= 11 is 0. The van der Waals surface area contributed by atoms with Crippen molar-refractivity contribution in [2.24, 2.45) is 5.73 Å². The molecule has 182 valence electrons. The highest BCUT2D eigenvalue weighted by Gasteiger charge is 2.28. The Morgan fingerprint density at radius 2 is 1.94 bits per heavy atom. The number of anilines is 1. The summed E-state index contributed by atoms with van der Waals surface area (Å²) < 4.78 is 25.4. The Balaban J connectivity index is 1.79. The van der Waals surface area contributed by atoms with Gasteiger partial charge in [-0.25, -0.2) is 4.39 Å². The lowest BCUT2D eigenvalue weighted by Crippen LogP contribution is -2.48. The van der Waals surface area contributed by atoms with Gasteiger partial charge in [0.25, 0.3) is 0 Å². The second kappa shape index (κ2) is 12.4. The van der Waals surface area contributed by atoms with Crippen molar-refractivity contribution >= 4 is 11.6 Å². The Bertz CT molecular complexity index is 985. The van der Waals surface area contributed by atoms with E-state index in [-0.39, 0.29) is 23.8 Å². The van der Waals surface area contributed by atoms with Crippen LogP contribution in [0.3, 0.4) is 0 Å². The summed E-state index contributed by atoms with van der Waals surface area (Å²) in [7, 11) is 1.63. The van der Waals surface area contributed by atoms with Crippen LogP contribution in [-0.2, 0) is 16.1 Å². The minimum Gasteiger partial charge on any atom is -0.491 e. The Morgan fingerprint density at radius 1 is 1.24 bits per heavy atom. The van der Waals surface area contributed by atoms with Crippen LogP contribution in [0.5, 0.6) is 5.75 Å². The third kappa shape index (κ3) is 6.92. The molecule has 0 radical (unpaired) electrons. The van der Waals surface area contributed by atoms with Gasteiger partial charge in [-0.05, 0) is 62.2 Å². The van der Waals surface area contributed by atoms with Crippen molar-refractivity contribution in [3.05, 3.63) is 59.4 Å². The fraction of sp³-hybridized carbons (Fsp3) is 0.462. The summed E-state index contributed by atoms with van der Waals surface area (Å²) in [5.41, 5.74) is 7.27. The number of carbonyl (C=O) groups excluding carboxylic acids is 1. The number of nitriles is 1. The largest absolute Gasteiger partial charge is 0.491 e. The molecule has 1 fully saturated rings. The van der Waals surface area contributed by atoms with E-state index in [1.165, 1.54) is 12.1 Å². The number of methoxy groups -OCH3 is 1. The highest BCUT2D eigenvalue weighted by molar-refractivity contribution is 5.74. The topological polar surface area (TPSA) is 91.8 Å². The average Bonchev–Trinajstić information content (AvgIpc) is 2.84. The van der Waals surface area contributed by atoms with Crippen LogP contribution in [0.1, 0.15) is 37.3 Å². The molecule has 1 atom stereocenters. The minimum atomic E-state index is -0.323. The van der Waals surface area contributed by atoms with E-state index in [4.69, 9.17) is 15.2 Å². The van der Waals surface area contributed by atoms with Gasteiger partial charge in [0.1, 0.15) is 18.2 Å². The predicted molar refractivity (Wildman–Crippen MR) is 129 cm³/mol. The van der Waals surface area contributed by atoms with Crippen molar-refractivity contribution < 1.29 is 18.7 Å². The number of benzene rings is 2. The summed E-state index contributed by atoms with van der Waals surface area (Å²) in [6, 6.07) is 14.6. The molecule has 0 aliphatic carbocycles. The molecule has 1 aliphatic rings. The quantitative estimate of drug-likeness (QED) is 0.508. The average molecular weight is 469 g/mol.